The number of ether oxygens (including phenoxy) is 1. The van der Waals surface area contributed by atoms with Gasteiger partial charge in [-0.15, -0.1) is 0 Å². The molecular formula is C9H7BrF2INO2. The summed E-state index contributed by atoms with van der Waals surface area (Å²) in [5.41, 5.74) is -0.0288. The van der Waals surface area contributed by atoms with Gasteiger partial charge in [-0.1, -0.05) is 0 Å². The van der Waals surface area contributed by atoms with E-state index in [9.17, 15) is 13.6 Å². The van der Waals surface area contributed by atoms with Crippen LogP contribution in [0.25, 0.3) is 0 Å². The van der Waals surface area contributed by atoms with Gasteiger partial charge in [0.15, 0.2) is 0 Å². The van der Waals surface area contributed by atoms with Crippen molar-refractivity contribution in [1.29, 1.82) is 0 Å². The van der Waals surface area contributed by atoms with Gasteiger partial charge in [0.05, 0.1) is 19.1 Å². The Bertz CT molecular complexity index is 415. The quantitative estimate of drug-likeness (QED) is 0.440. The van der Waals surface area contributed by atoms with E-state index in [0.29, 0.717) is 3.70 Å². The third-order valence-corrected chi connectivity index (χ3v) is 3.00. The smallest absolute Gasteiger partial charge is 0.309 e. The van der Waals surface area contributed by atoms with Gasteiger partial charge >= 0.3 is 5.97 Å². The Morgan fingerprint density at radius 3 is 2.81 bits per heavy atom. The first-order valence-electron chi connectivity index (χ1n) is 4.15. The predicted octanol–water partition coefficient (Wildman–Crippen LogP) is 3.10. The molecule has 0 saturated carbocycles. The lowest BCUT2D eigenvalue weighted by Gasteiger charge is -2.10. The van der Waals surface area contributed by atoms with Gasteiger partial charge in [0, 0.05) is 0 Å². The Balaban J connectivity index is 3.18. The average Bonchev–Trinajstić information content (AvgIpc) is 2.15. The third kappa shape index (κ3) is 3.34. The molecule has 0 aliphatic rings. The minimum atomic E-state index is -2.68. The SMILES string of the molecule is COC(=O)Cc1cc(I)nc(Br)c1C(F)F. The maximum absolute atomic E-state index is 12.7. The van der Waals surface area contributed by atoms with E-state index in [1.165, 1.54) is 13.2 Å². The normalized spacial score (nSPS) is 10.6. The Morgan fingerprint density at radius 1 is 1.69 bits per heavy atom. The summed E-state index contributed by atoms with van der Waals surface area (Å²) in [5.74, 6) is -0.559. The van der Waals surface area contributed by atoms with Crippen molar-refractivity contribution < 1.29 is 18.3 Å². The molecule has 0 atom stereocenters. The van der Waals surface area contributed by atoms with Gasteiger partial charge in [-0.2, -0.15) is 0 Å². The predicted molar refractivity (Wildman–Crippen MR) is 65.3 cm³/mol. The van der Waals surface area contributed by atoms with E-state index in [2.05, 4.69) is 25.7 Å². The van der Waals surface area contributed by atoms with Crippen LogP contribution in [-0.4, -0.2) is 18.1 Å². The maximum atomic E-state index is 12.7. The first-order chi connectivity index (χ1) is 7.45. The molecule has 0 amide bonds. The molecule has 0 radical (unpaired) electrons. The van der Waals surface area contributed by atoms with Crippen molar-refractivity contribution in [2.24, 2.45) is 0 Å². The number of carbonyl (C=O) groups is 1. The van der Waals surface area contributed by atoms with E-state index in [4.69, 9.17) is 0 Å². The topological polar surface area (TPSA) is 39.2 Å². The largest absolute Gasteiger partial charge is 0.469 e. The van der Waals surface area contributed by atoms with Crippen molar-refractivity contribution in [3.8, 4) is 0 Å². The lowest BCUT2D eigenvalue weighted by atomic mass is 10.1. The van der Waals surface area contributed by atoms with E-state index in [0.717, 1.165) is 0 Å². The molecule has 7 heteroatoms. The molecule has 1 aromatic heterocycles. The van der Waals surface area contributed by atoms with Crippen LogP contribution in [0.4, 0.5) is 8.78 Å². The van der Waals surface area contributed by atoms with Gasteiger partial charge in [0.25, 0.3) is 6.43 Å². The summed E-state index contributed by atoms with van der Waals surface area (Å²) >= 11 is 4.85. The first kappa shape index (κ1) is 13.8. The van der Waals surface area contributed by atoms with Crippen molar-refractivity contribution in [2.45, 2.75) is 12.8 Å². The fraction of sp³-hybridized carbons (Fsp3) is 0.333. The molecule has 1 heterocycles. The molecule has 0 aromatic carbocycles. The molecule has 1 aromatic rings. The summed E-state index contributed by atoms with van der Waals surface area (Å²) in [7, 11) is 1.21. The molecule has 0 unspecified atom stereocenters. The van der Waals surface area contributed by atoms with Crippen molar-refractivity contribution in [3.63, 3.8) is 0 Å². The Hall–Kier alpha value is -0.310. The van der Waals surface area contributed by atoms with Crippen molar-refractivity contribution in [2.75, 3.05) is 7.11 Å². The molecule has 0 spiro atoms. The molecular weight excluding hydrogens is 399 g/mol. The molecule has 0 fully saturated rings. The number of aromatic nitrogens is 1. The van der Waals surface area contributed by atoms with Crippen molar-refractivity contribution in [1.82, 2.24) is 4.98 Å². The lowest BCUT2D eigenvalue weighted by Crippen LogP contribution is -2.09. The Labute approximate surface area is 113 Å². The highest BCUT2D eigenvalue weighted by Crippen LogP contribution is 2.30. The minimum Gasteiger partial charge on any atom is -0.469 e. The third-order valence-electron chi connectivity index (χ3n) is 1.85. The molecule has 0 aliphatic carbocycles. The highest BCUT2D eigenvalue weighted by molar-refractivity contribution is 14.1. The number of alkyl halides is 2. The van der Waals surface area contributed by atoms with Crippen molar-refractivity contribution >= 4 is 44.5 Å². The number of esters is 1. The number of hydrogen-bond donors (Lipinski definition) is 0. The number of carbonyl (C=O) groups excluding carboxylic acids is 1. The van der Waals surface area contributed by atoms with Crippen LogP contribution in [0, 0.1) is 3.70 Å². The Kier molecular flexibility index (Phi) is 5.03. The van der Waals surface area contributed by atoms with Crippen LogP contribution in [0.1, 0.15) is 17.6 Å². The molecule has 16 heavy (non-hydrogen) atoms. The van der Waals surface area contributed by atoms with Crippen LogP contribution in [0.3, 0.4) is 0 Å². The zero-order valence-electron chi connectivity index (χ0n) is 8.14. The molecule has 3 nitrogen and oxygen atoms in total. The van der Waals surface area contributed by atoms with Gasteiger partial charge < -0.3 is 4.74 Å². The van der Waals surface area contributed by atoms with Gasteiger partial charge in [0.1, 0.15) is 8.30 Å². The zero-order chi connectivity index (χ0) is 12.3. The zero-order valence-corrected chi connectivity index (χ0v) is 11.9. The van der Waals surface area contributed by atoms with Crippen LogP contribution in [0.2, 0.25) is 0 Å². The first-order valence-corrected chi connectivity index (χ1v) is 6.02. The summed E-state index contributed by atoms with van der Waals surface area (Å²) < 4.78 is 30.5. The second kappa shape index (κ2) is 5.85. The van der Waals surface area contributed by atoms with E-state index in [1.807, 2.05) is 22.6 Å². The second-order valence-corrected chi connectivity index (χ2v) is 4.72. The molecule has 0 bridgehead atoms. The maximum Gasteiger partial charge on any atom is 0.309 e. The van der Waals surface area contributed by atoms with Crippen LogP contribution < -0.4 is 0 Å². The van der Waals surface area contributed by atoms with E-state index in [1.54, 1.807) is 0 Å². The molecule has 0 aliphatic heterocycles. The second-order valence-electron chi connectivity index (χ2n) is 2.86. The number of hydrogen-bond acceptors (Lipinski definition) is 3. The van der Waals surface area contributed by atoms with E-state index < -0.39 is 12.4 Å². The van der Waals surface area contributed by atoms with Crippen LogP contribution in [0.5, 0.6) is 0 Å². The van der Waals surface area contributed by atoms with Gasteiger partial charge in [-0.3, -0.25) is 4.79 Å². The standard InChI is InChI=1S/C9H7BrF2INO2/c1-16-6(15)3-4-2-5(13)14-8(10)7(4)9(11)12/h2,9H,3H2,1H3. The van der Waals surface area contributed by atoms with Crippen LogP contribution >= 0.6 is 38.5 Å². The summed E-state index contributed by atoms with van der Waals surface area (Å²) in [6.07, 6.45) is -2.87. The van der Waals surface area contributed by atoms with Gasteiger partial charge in [-0.05, 0) is 50.2 Å². The summed E-state index contributed by atoms with van der Waals surface area (Å²) in [6, 6.07) is 1.45. The number of nitrogens with zero attached hydrogens (tertiary/aromatic N) is 1. The minimum absolute atomic E-state index is 0.0632. The van der Waals surface area contributed by atoms with Crippen molar-refractivity contribution in [3.05, 3.63) is 25.5 Å². The lowest BCUT2D eigenvalue weighted by molar-refractivity contribution is -0.139. The molecule has 1 rings (SSSR count). The number of pyridine rings is 1. The average molecular weight is 406 g/mol. The van der Waals surface area contributed by atoms with Crippen LogP contribution in [0.15, 0.2) is 10.7 Å². The molecule has 0 saturated heterocycles. The van der Waals surface area contributed by atoms with Crippen LogP contribution in [-0.2, 0) is 16.0 Å². The fourth-order valence-electron chi connectivity index (χ4n) is 1.14. The van der Waals surface area contributed by atoms with E-state index in [-0.39, 0.29) is 22.2 Å². The Morgan fingerprint density at radius 2 is 2.31 bits per heavy atom. The highest BCUT2D eigenvalue weighted by atomic mass is 127. The molecule has 88 valence electrons. The van der Waals surface area contributed by atoms with Gasteiger partial charge in [-0.25, -0.2) is 13.8 Å². The monoisotopic (exact) mass is 405 g/mol. The number of methoxy groups -OCH3 is 1. The summed E-state index contributed by atoms with van der Waals surface area (Å²) in [5, 5.41) is 0. The molecule has 0 N–H and O–H groups in total. The van der Waals surface area contributed by atoms with Gasteiger partial charge in [0.2, 0.25) is 0 Å². The number of rotatable bonds is 3. The van der Waals surface area contributed by atoms with E-state index >= 15 is 0 Å². The highest BCUT2D eigenvalue weighted by Gasteiger charge is 2.20. The summed E-state index contributed by atoms with van der Waals surface area (Å²) in [6.45, 7) is 0. The number of halogens is 4. The fourth-order valence-corrected chi connectivity index (χ4v) is 2.71. The summed E-state index contributed by atoms with van der Waals surface area (Å²) in [4.78, 5) is 14.9.